The van der Waals surface area contributed by atoms with Crippen molar-refractivity contribution in [2.75, 3.05) is 13.7 Å². The number of ether oxygens (including phenoxy) is 2. The van der Waals surface area contributed by atoms with E-state index in [9.17, 15) is 4.79 Å². The van der Waals surface area contributed by atoms with Crippen molar-refractivity contribution in [3.63, 3.8) is 0 Å². The summed E-state index contributed by atoms with van der Waals surface area (Å²) in [5.41, 5.74) is -0.530. The van der Waals surface area contributed by atoms with Crippen molar-refractivity contribution in [3.8, 4) is 12.3 Å². The molecule has 0 radical (unpaired) electrons. The van der Waals surface area contributed by atoms with Gasteiger partial charge in [-0.2, -0.15) is 0 Å². The zero-order chi connectivity index (χ0) is 14.1. The number of methoxy groups -OCH3 is 1. The monoisotopic (exact) mass is 258 g/mol. The SMILES string of the molecule is C#CCOC(=O)C(/C=C/CC)(OC)c1ccccc1. The Kier molecular flexibility index (Phi) is 5.84. The highest BCUT2D eigenvalue weighted by Crippen LogP contribution is 2.28. The van der Waals surface area contributed by atoms with Gasteiger partial charge in [-0.1, -0.05) is 49.3 Å². The maximum atomic E-state index is 12.3. The molecule has 0 saturated carbocycles. The lowest BCUT2D eigenvalue weighted by atomic mass is 9.92. The van der Waals surface area contributed by atoms with E-state index in [0.717, 1.165) is 6.42 Å². The Balaban J connectivity index is 3.19. The third-order valence-corrected chi connectivity index (χ3v) is 2.70. The predicted octanol–water partition coefficient (Wildman–Crippen LogP) is 2.67. The fourth-order valence-corrected chi connectivity index (χ4v) is 1.74. The van der Waals surface area contributed by atoms with Crippen LogP contribution in [0.2, 0.25) is 0 Å². The second kappa shape index (κ2) is 7.40. The summed E-state index contributed by atoms with van der Waals surface area (Å²) in [6, 6.07) is 9.20. The zero-order valence-electron chi connectivity index (χ0n) is 11.3. The molecule has 0 spiro atoms. The third-order valence-electron chi connectivity index (χ3n) is 2.70. The molecule has 0 aliphatic rings. The fourth-order valence-electron chi connectivity index (χ4n) is 1.74. The summed E-state index contributed by atoms with van der Waals surface area (Å²) in [6.45, 7) is 1.91. The van der Waals surface area contributed by atoms with Crippen molar-refractivity contribution in [2.24, 2.45) is 0 Å². The van der Waals surface area contributed by atoms with Gasteiger partial charge in [0.05, 0.1) is 0 Å². The van der Waals surface area contributed by atoms with Crippen LogP contribution < -0.4 is 0 Å². The number of allylic oxidation sites excluding steroid dienone is 1. The van der Waals surface area contributed by atoms with Crippen LogP contribution in [0.15, 0.2) is 42.5 Å². The van der Waals surface area contributed by atoms with Crippen LogP contribution in [0.25, 0.3) is 0 Å². The molecule has 1 aromatic rings. The van der Waals surface area contributed by atoms with E-state index in [1.165, 1.54) is 7.11 Å². The zero-order valence-corrected chi connectivity index (χ0v) is 11.3. The van der Waals surface area contributed by atoms with Crippen LogP contribution in [0, 0.1) is 12.3 Å². The van der Waals surface area contributed by atoms with Gasteiger partial charge in [0.2, 0.25) is 5.60 Å². The van der Waals surface area contributed by atoms with E-state index in [4.69, 9.17) is 15.9 Å². The smallest absolute Gasteiger partial charge is 0.348 e. The van der Waals surface area contributed by atoms with E-state index >= 15 is 0 Å². The molecule has 0 N–H and O–H groups in total. The minimum atomic E-state index is -1.24. The molecule has 3 heteroatoms. The van der Waals surface area contributed by atoms with Crippen LogP contribution >= 0.6 is 0 Å². The van der Waals surface area contributed by atoms with Crippen LogP contribution in [0.5, 0.6) is 0 Å². The highest BCUT2D eigenvalue weighted by Gasteiger charge is 2.39. The highest BCUT2D eigenvalue weighted by molar-refractivity contribution is 5.84. The maximum absolute atomic E-state index is 12.3. The summed E-state index contributed by atoms with van der Waals surface area (Å²) in [6.07, 6.45) is 9.48. The Morgan fingerprint density at radius 2 is 2.11 bits per heavy atom. The van der Waals surface area contributed by atoms with E-state index in [1.54, 1.807) is 6.08 Å². The first kappa shape index (κ1) is 15.0. The number of esters is 1. The first-order valence-corrected chi connectivity index (χ1v) is 6.10. The molecule has 0 bridgehead atoms. The first-order valence-electron chi connectivity index (χ1n) is 6.10. The number of carbonyl (C=O) groups excluding carboxylic acids is 1. The lowest BCUT2D eigenvalue weighted by Crippen LogP contribution is -2.37. The number of terminal acetylenes is 1. The van der Waals surface area contributed by atoms with E-state index in [-0.39, 0.29) is 6.61 Å². The van der Waals surface area contributed by atoms with E-state index < -0.39 is 11.6 Å². The van der Waals surface area contributed by atoms with Crippen molar-refractivity contribution < 1.29 is 14.3 Å². The van der Waals surface area contributed by atoms with Crippen LogP contribution in [0.3, 0.4) is 0 Å². The van der Waals surface area contributed by atoms with Gasteiger partial charge in [0, 0.05) is 7.11 Å². The molecule has 0 aromatic heterocycles. The molecular weight excluding hydrogens is 240 g/mol. The largest absolute Gasteiger partial charge is 0.450 e. The summed E-state index contributed by atoms with van der Waals surface area (Å²) in [4.78, 5) is 12.3. The molecule has 0 aliphatic heterocycles. The fraction of sp³-hybridized carbons (Fsp3) is 0.312. The van der Waals surface area contributed by atoms with Gasteiger partial charge in [-0.25, -0.2) is 4.79 Å². The Labute approximate surface area is 114 Å². The normalized spacial score (nSPS) is 13.7. The number of benzene rings is 1. The quantitative estimate of drug-likeness (QED) is 0.447. The number of rotatable bonds is 6. The summed E-state index contributed by atoms with van der Waals surface area (Å²) in [7, 11) is 1.48. The van der Waals surface area contributed by atoms with Crippen LogP contribution in [0.4, 0.5) is 0 Å². The van der Waals surface area contributed by atoms with Crippen molar-refractivity contribution in [2.45, 2.75) is 18.9 Å². The maximum Gasteiger partial charge on any atom is 0.348 e. The predicted molar refractivity (Wildman–Crippen MR) is 74.4 cm³/mol. The van der Waals surface area contributed by atoms with Gasteiger partial charge in [-0.05, 0) is 18.1 Å². The molecule has 1 rings (SSSR count). The topological polar surface area (TPSA) is 35.5 Å². The van der Waals surface area contributed by atoms with Crippen molar-refractivity contribution in [3.05, 3.63) is 48.0 Å². The second-order valence-electron chi connectivity index (χ2n) is 3.90. The van der Waals surface area contributed by atoms with Crippen LogP contribution in [-0.4, -0.2) is 19.7 Å². The van der Waals surface area contributed by atoms with Gasteiger partial charge >= 0.3 is 5.97 Å². The molecule has 0 aliphatic carbocycles. The van der Waals surface area contributed by atoms with Gasteiger partial charge in [-0.15, -0.1) is 6.42 Å². The summed E-state index contributed by atoms with van der Waals surface area (Å²) < 4.78 is 10.5. The minimum absolute atomic E-state index is 0.0727. The van der Waals surface area contributed by atoms with Crippen LogP contribution in [-0.2, 0) is 19.9 Å². The second-order valence-corrected chi connectivity index (χ2v) is 3.90. The number of hydrogen-bond donors (Lipinski definition) is 0. The number of hydrogen-bond acceptors (Lipinski definition) is 3. The molecule has 0 saturated heterocycles. The van der Waals surface area contributed by atoms with Crippen molar-refractivity contribution in [1.82, 2.24) is 0 Å². The molecule has 100 valence electrons. The lowest BCUT2D eigenvalue weighted by Gasteiger charge is -2.27. The van der Waals surface area contributed by atoms with Crippen molar-refractivity contribution >= 4 is 5.97 Å². The Morgan fingerprint density at radius 3 is 2.63 bits per heavy atom. The lowest BCUT2D eigenvalue weighted by molar-refractivity contribution is -0.163. The average Bonchev–Trinajstić information content (AvgIpc) is 2.47. The third kappa shape index (κ3) is 3.46. The highest BCUT2D eigenvalue weighted by atomic mass is 16.6. The van der Waals surface area contributed by atoms with E-state index in [1.807, 2.05) is 43.3 Å². The van der Waals surface area contributed by atoms with Crippen molar-refractivity contribution in [1.29, 1.82) is 0 Å². The summed E-state index contributed by atoms with van der Waals surface area (Å²) in [5.74, 6) is 1.77. The number of carbonyl (C=O) groups is 1. The molecule has 19 heavy (non-hydrogen) atoms. The molecule has 3 nitrogen and oxygen atoms in total. The minimum Gasteiger partial charge on any atom is -0.450 e. The molecular formula is C16H18O3. The molecule has 0 fully saturated rings. The molecule has 0 heterocycles. The van der Waals surface area contributed by atoms with E-state index in [0.29, 0.717) is 5.56 Å². The molecule has 1 unspecified atom stereocenters. The van der Waals surface area contributed by atoms with Gasteiger partial charge < -0.3 is 9.47 Å². The molecule has 1 atom stereocenters. The van der Waals surface area contributed by atoms with Gasteiger partial charge in [0.1, 0.15) is 0 Å². The Morgan fingerprint density at radius 1 is 1.42 bits per heavy atom. The molecule has 0 amide bonds. The summed E-state index contributed by atoms with van der Waals surface area (Å²) in [5, 5.41) is 0. The van der Waals surface area contributed by atoms with Gasteiger partial charge in [0.25, 0.3) is 0 Å². The Hall–Kier alpha value is -2.05. The Bertz CT molecular complexity index is 471. The van der Waals surface area contributed by atoms with Crippen LogP contribution in [0.1, 0.15) is 18.9 Å². The van der Waals surface area contributed by atoms with Gasteiger partial charge in [-0.3, -0.25) is 0 Å². The van der Waals surface area contributed by atoms with E-state index in [2.05, 4.69) is 5.92 Å². The first-order chi connectivity index (χ1) is 9.21. The average molecular weight is 258 g/mol. The molecule has 1 aromatic carbocycles. The summed E-state index contributed by atoms with van der Waals surface area (Å²) >= 11 is 0. The van der Waals surface area contributed by atoms with Gasteiger partial charge in [0.15, 0.2) is 6.61 Å². The standard InChI is InChI=1S/C16H18O3/c1-4-6-12-16(18-3,15(17)19-13-5-2)14-10-8-7-9-11-14/h2,6-12H,4,13H2,1,3H3/b12-6+.